The van der Waals surface area contributed by atoms with Crippen LogP contribution in [-0.4, -0.2) is 66.8 Å². The van der Waals surface area contributed by atoms with Gasteiger partial charge in [-0.2, -0.15) is 0 Å². The summed E-state index contributed by atoms with van der Waals surface area (Å²) in [6.45, 7) is 10.4. The fourth-order valence-electron chi connectivity index (χ4n) is 3.14. The van der Waals surface area contributed by atoms with E-state index < -0.39 is 0 Å². The van der Waals surface area contributed by atoms with E-state index in [1.54, 1.807) is 11.3 Å². The molecule has 8 heteroatoms. The summed E-state index contributed by atoms with van der Waals surface area (Å²) in [6.07, 6.45) is 0. The van der Waals surface area contributed by atoms with Gasteiger partial charge in [0, 0.05) is 38.1 Å². The van der Waals surface area contributed by atoms with Crippen molar-refractivity contribution in [2.45, 2.75) is 27.0 Å². The molecule has 1 aliphatic rings. The van der Waals surface area contributed by atoms with Gasteiger partial charge in [0.15, 0.2) is 0 Å². The molecule has 1 N–H and O–H groups in total. The first-order valence-corrected chi connectivity index (χ1v) is 11.0. The van der Waals surface area contributed by atoms with Crippen LogP contribution >= 0.6 is 11.3 Å². The Hall–Kier alpha value is -2.16. The van der Waals surface area contributed by atoms with Crippen LogP contribution in [0.4, 0.5) is 4.79 Å². The minimum Gasteiger partial charge on any atom is -0.486 e. The van der Waals surface area contributed by atoms with Gasteiger partial charge in [0.05, 0.1) is 25.5 Å². The zero-order valence-corrected chi connectivity index (χ0v) is 18.0. The highest BCUT2D eigenvalue weighted by Gasteiger charge is 2.18. The molecule has 1 aromatic carbocycles. The molecule has 0 spiro atoms. The molecule has 2 heterocycles. The van der Waals surface area contributed by atoms with Gasteiger partial charge in [0.25, 0.3) is 0 Å². The van der Waals surface area contributed by atoms with Crippen molar-refractivity contribution in [2.24, 2.45) is 0 Å². The summed E-state index contributed by atoms with van der Waals surface area (Å²) in [6, 6.07) is 7.94. The van der Waals surface area contributed by atoms with Gasteiger partial charge in [-0.15, -0.1) is 11.3 Å². The van der Waals surface area contributed by atoms with Gasteiger partial charge >= 0.3 is 6.03 Å². The summed E-state index contributed by atoms with van der Waals surface area (Å²) in [7, 11) is 0. The zero-order chi connectivity index (χ0) is 20.5. The number of aryl methyl sites for hydroxylation is 1. The molecule has 1 fully saturated rings. The van der Waals surface area contributed by atoms with Crippen molar-refractivity contribution in [1.82, 2.24) is 20.1 Å². The first kappa shape index (κ1) is 21.5. The molecule has 158 valence electrons. The second-order valence-electron chi connectivity index (χ2n) is 7.05. The van der Waals surface area contributed by atoms with E-state index in [9.17, 15) is 4.79 Å². The third kappa shape index (κ3) is 6.99. The Balaban J connectivity index is 1.54. The number of carbonyl (C=O) groups is 1. The second kappa shape index (κ2) is 11.1. The summed E-state index contributed by atoms with van der Waals surface area (Å²) in [4.78, 5) is 21.3. The van der Waals surface area contributed by atoms with Crippen molar-refractivity contribution in [1.29, 1.82) is 0 Å². The van der Waals surface area contributed by atoms with E-state index in [2.05, 4.69) is 15.2 Å². The SMILES string of the molecule is CCNC(=O)N(CCN1CCOCC1)Cc1csc(COc2cccc(C)c2)n1. The number of aromatic nitrogens is 1. The van der Waals surface area contributed by atoms with Gasteiger partial charge in [-0.05, 0) is 31.5 Å². The van der Waals surface area contributed by atoms with E-state index >= 15 is 0 Å². The standard InChI is InChI=1S/C21H30N4O3S/c1-3-22-21(26)25(8-7-24-9-11-27-12-10-24)14-18-16-29-20(23-18)15-28-19-6-4-5-17(2)13-19/h4-6,13,16H,3,7-12,14-15H2,1-2H3,(H,22,26). The van der Waals surface area contributed by atoms with Crippen LogP contribution in [0.2, 0.25) is 0 Å². The van der Waals surface area contributed by atoms with Crippen molar-refractivity contribution >= 4 is 17.4 Å². The third-order valence-corrected chi connectivity index (χ3v) is 5.58. The maximum Gasteiger partial charge on any atom is 0.317 e. The number of nitrogens with one attached hydrogen (secondary N) is 1. The van der Waals surface area contributed by atoms with Crippen LogP contribution in [0.5, 0.6) is 5.75 Å². The Morgan fingerprint density at radius 1 is 1.38 bits per heavy atom. The number of morpholine rings is 1. The van der Waals surface area contributed by atoms with Gasteiger partial charge in [-0.3, -0.25) is 4.90 Å². The number of ether oxygens (including phenoxy) is 2. The number of rotatable bonds is 9. The van der Waals surface area contributed by atoms with Crippen molar-refractivity contribution in [3.05, 3.63) is 45.9 Å². The highest BCUT2D eigenvalue weighted by Crippen LogP contribution is 2.17. The van der Waals surface area contributed by atoms with Crippen LogP contribution in [-0.2, 0) is 17.9 Å². The Labute approximate surface area is 176 Å². The minimum atomic E-state index is -0.0497. The third-order valence-electron chi connectivity index (χ3n) is 4.71. The summed E-state index contributed by atoms with van der Waals surface area (Å²) >= 11 is 1.56. The number of hydrogen-bond donors (Lipinski definition) is 1. The van der Waals surface area contributed by atoms with Gasteiger partial charge in [-0.1, -0.05) is 12.1 Å². The average molecular weight is 419 g/mol. The largest absolute Gasteiger partial charge is 0.486 e. The second-order valence-corrected chi connectivity index (χ2v) is 7.99. The molecule has 3 rings (SSSR count). The van der Waals surface area contributed by atoms with Gasteiger partial charge in [0.2, 0.25) is 0 Å². The molecular formula is C21H30N4O3S. The van der Waals surface area contributed by atoms with E-state index in [-0.39, 0.29) is 6.03 Å². The number of amides is 2. The first-order valence-electron chi connectivity index (χ1n) is 10.1. The molecule has 0 atom stereocenters. The molecule has 7 nitrogen and oxygen atoms in total. The van der Waals surface area contributed by atoms with E-state index in [0.29, 0.717) is 26.2 Å². The smallest absolute Gasteiger partial charge is 0.317 e. The Bertz CT molecular complexity index is 777. The lowest BCUT2D eigenvalue weighted by Gasteiger charge is -2.29. The molecule has 0 saturated carbocycles. The molecule has 29 heavy (non-hydrogen) atoms. The molecule has 0 bridgehead atoms. The van der Waals surface area contributed by atoms with Gasteiger partial charge in [0.1, 0.15) is 17.4 Å². The Morgan fingerprint density at radius 3 is 2.97 bits per heavy atom. The molecule has 0 radical (unpaired) electrons. The molecule has 0 aliphatic carbocycles. The number of benzene rings is 1. The van der Waals surface area contributed by atoms with Crippen LogP contribution in [0, 0.1) is 6.92 Å². The predicted octanol–water partition coefficient (Wildman–Crippen LogP) is 2.89. The number of carbonyl (C=O) groups excluding carboxylic acids is 1. The lowest BCUT2D eigenvalue weighted by atomic mass is 10.2. The van der Waals surface area contributed by atoms with E-state index in [0.717, 1.165) is 49.3 Å². The average Bonchev–Trinajstić information content (AvgIpc) is 3.18. The monoisotopic (exact) mass is 418 g/mol. The van der Waals surface area contributed by atoms with Crippen LogP contribution in [0.1, 0.15) is 23.2 Å². The number of hydrogen-bond acceptors (Lipinski definition) is 6. The lowest BCUT2D eigenvalue weighted by Crippen LogP contribution is -2.45. The normalized spacial score (nSPS) is 14.6. The fraction of sp³-hybridized carbons (Fsp3) is 0.524. The number of nitrogens with zero attached hydrogens (tertiary/aromatic N) is 3. The molecule has 1 aliphatic heterocycles. The maximum atomic E-state index is 12.5. The van der Waals surface area contributed by atoms with Crippen LogP contribution in [0.25, 0.3) is 0 Å². The van der Waals surface area contributed by atoms with Gasteiger partial charge < -0.3 is 19.7 Å². The fourth-order valence-corrected chi connectivity index (χ4v) is 3.83. The zero-order valence-electron chi connectivity index (χ0n) is 17.2. The van der Waals surface area contributed by atoms with Crippen molar-refractivity contribution in [3.8, 4) is 5.75 Å². The summed E-state index contributed by atoms with van der Waals surface area (Å²) in [5.41, 5.74) is 2.06. The Kier molecular flexibility index (Phi) is 8.27. The predicted molar refractivity (Wildman–Crippen MR) is 114 cm³/mol. The van der Waals surface area contributed by atoms with Crippen molar-refractivity contribution < 1.29 is 14.3 Å². The molecular weight excluding hydrogens is 388 g/mol. The summed E-state index contributed by atoms with van der Waals surface area (Å²) < 4.78 is 11.2. The summed E-state index contributed by atoms with van der Waals surface area (Å²) in [5.74, 6) is 0.844. The number of urea groups is 1. The van der Waals surface area contributed by atoms with Gasteiger partial charge in [-0.25, -0.2) is 9.78 Å². The molecule has 0 unspecified atom stereocenters. The van der Waals surface area contributed by atoms with E-state index in [1.807, 2.05) is 48.4 Å². The Morgan fingerprint density at radius 2 is 2.21 bits per heavy atom. The highest BCUT2D eigenvalue weighted by molar-refractivity contribution is 7.09. The quantitative estimate of drug-likeness (QED) is 0.678. The molecule has 1 aromatic heterocycles. The lowest BCUT2D eigenvalue weighted by molar-refractivity contribution is 0.0346. The highest BCUT2D eigenvalue weighted by atomic mass is 32.1. The molecule has 2 aromatic rings. The summed E-state index contributed by atoms with van der Waals surface area (Å²) in [5, 5.41) is 5.82. The molecule has 1 saturated heterocycles. The van der Waals surface area contributed by atoms with Crippen LogP contribution < -0.4 is 10.1 Å². The van der Waals surface area contributed by atoms with Crippen molar-refractivity contribution in [3.63, 3.8) is 0 Å². The van der Waals surface area contributed by atoms with E-state index in [1.165, 1.54) is 5.56 Å². The topological polar surface area (TPSA) is 66.9 Å². The van der Waals surface area contributed by atoms with Crippen molar-refractivity contribution in [2.75, 3.05) is 45.9 Å². The van der Waals surface area contributed by atoms with Crippen LogP contribution in [0.3, 0.4) is 0 Å². The van der Waals surface area contributed by atoms with E-state index in [4.69, 9.17) is 9.47 Å². The maximum absolute atomic E-state index is 12.5. The number of thiazole rings is 1. The van der Waals surface area contributed by atoms with Crippen LogP contribution in [0.15, 0.2) is 29.6 Å². The first-order chi connectivity index (χ1) is 14.1. The molecule has 2 amide bonds. The minimum absolute atomic E-state index is 0.0497.